The maximum absolute atomic E-state index is 5.82. The highest BCUT2D eigenvalue weighted by molar-refractivity contribution is 5.55. The monoisotopic (exact) mass is 275 g/mol. The molecule has 0 aromatic heterocycles. The highest BCUT2D eigenvalue weighted by Crippen LogP contribution is 2.19. The number of unbranched alkanes of at least 4 members (excludes halogenated alkanes) is 3. The van der Waals surface area contributed by atoms with Crippen LogP contribution in [0, 0.1) is 0 Å². The van der Waals surface area contributed by atoms with Crippen molar-refractivity contribution < 1.29 is 4.74 Å². The van der Waals surface area contributed by atoms with Crippen LogP contribution in [0.2, 0.25) is 0 Å². The number of hydrogen-bond acceptors (Lipinski definition) is 2. The molecule has 0 unspecified atom stereocenters. The number of rotatable bonds is 11. The quantitative estimate of drug-likeness (QED) is 0.547. The second-order valence-electron chi connectivity index (χ2n) is 5.03. The van der Waals surface area contributed by atoms with E-state index in [4.69, 9.17) is 4.74 Å². The fourth-order valence-electron chi connectivity index (χ4n) is 2.29. The summed E-state index contributed by atoms with van der Waals surface area (Å²) in [5.41, 5.74) is 1.08. The summed E-state index contributed by atoms with van der Waals surface area (Å²) < 4.78 is 5.82. The van der Waals surface area contributed by atoms with Crippen molar-refractivity contribution in [2.24, 2.45) is 0 Å². The van der Waals surface area contributed by atoms with Crippen LogP contribution < -0.4 is 4.74 Å². The molecule has 0 aliphatic heterocycles. The second-order valence-corrected chi connectivity index (χ2v) is 5.03. The van der Waals surface area contributed by atoms with E-state index in [1.54, 1.807) is 0 Å². The Morgan fingerprint density at radius 1 is 1.05 bits per heavy atom. The summed E-state index contributed by atoms with van der Waals surface area (Å²) in [6.45, 7) is 12.6. The number of ether oxygens (including phenoxy) is 1. The molecule has 0 N–H and O–H groups in total. The van der Waals surface area contributed by atoms with E-state index in [0.29, 0.717) is 0 Å². The maximum atomic E-state index is 5.82. The van der Waals surface area contributed by atoms with Crippen LogP contribution in [0.15, 0.2) is 30.8 Å². The molecule has 0 atom stereocenters. The van der Waals surface area contributed by atoms with Crippen molar-refractivity contribution in [2.45, 2.75) is 39.5 Å². The van der Waals surface area contributed by atoms with Gasteiger partial charge < -0.3 is 9.64 Å². The molecule has 2 nitrogen and oxygen atoms in total. The molecule has 0 fully saturated rings. The van der Waals surface area contributed by atoms with Gasteiger partial charge in [-0.05, 0) is 38.5 Å². The minimum Gasteiger partial charge on any atom is -0.493 e. The Labute approximate surface area is 124 Å². The molecule has 0 radical (unpaired) electrons. The topological polar surface area (TPSA) is 12.5 Å². The molecule has 0 heterocycles. The zero-order valence-electron chi connectivity index (χ0n) is 13.1. The summed E-state index contributed by atoms with van der Waals surface area (Å²) >= 11 is 0. The smallest absolute Gasteiger partial charge is 0.126 e. The third-order valence-electron chi connectivity index (χ3n) is 3.66. The molecule has 0 aliphatic rings. The summed E-state index contributed by atoms with van der Waals surface area (Å²) in [7, 11) is 0. The van der Waals surface area contributed by atoms with Crippen LogP contribution in [0.3, 0.4) is 0 Å². The van der Waals surface area contributed by atoms with Gasteiger partial charge >= 0.3 is 0 Å². The van der Waals surface area contributed by atoms with Gasteiger partial charge in [-0.25, -0.2) is 0 Å². The van der Waals surface area contributed by atoms with E-state index < -0.39 is 0 Å². The van der Waals surface area contributed by atoms with Crippen LogP contribution >= 0.6 is 0 Å². The molecule has 0 spiro atoms. The SMILES string of the molecule is C=Cc1ccccc1OCCCCCCN(CC)CC. The standard InChI is InChI=1S/C18H29NO/c1-4-17-13-9-10-14-18(17)20-16-12-8-7-11-15-19(5-2)6-3/h4,9-10,13-14H,1,5-8,11-12,15-16H2,2-3H3. The zero-order chi connectivity index (χ0) is 14.6. The van der Waals surface area contributed by atoms with Crippen molar-refractivity contribution in [2.75, 3.05) is 26.2 Å². The average molecular weight is 275 g/mol. The third kappa shape index (κ3) is 6.25. The molecule has 1 aromatic carbocycles. The molecule has 0 saturated heterocycles. The molecule has 20 heavy (non-hydrogen) atoms. The van der Waals surface area contributed by atoms with Crippen molar-refractivity contribution in [3.63, 3.8) is 0 Å². The molecule has 2 heteroatoms. The lowest BCUT2D eigenvalue weighted by molar-refractivity contribution is 0.284. The van der Waals surface area contributed by atoms with E-state index in [2.05, 4.69) is 25.3 Å². The largest absolute Gasteiger partial charge is 0.493 e. The lowest BCUT2D eigenvalue weighted by atomic mass is 10.2. The molecular weight excluding hydrogens is 246 g/mol. The molecule has 0 bridgehead atoms. The Bertz CT molecular complexity index is 371. The van der Waals surface area contributed by atoms with Crippen LogP contribution in [0.1, 0.15) is 45.1 Å². The predicted molar refractivity (Wildman–Crippen MR) is 88.3 cm³/mol. The predicted octanol–water partition coefficient (Wildman–Crippen LogP) is 4.61. The molecule has 112 valence electrons. The van der Waals surface area contributed by atoms with Gasteiger partial charge in [0.1, 0.15) is 5.75 Å². The normalized spacial score (nSPS) is 10.8. The minimum atomic E-state index is 0.802. The van der Waals surface area contributed by atoms with Crippen molar-refractivity contribution in [1.82, 2.24) is 4.90 Å². The Hall–Kier alpha value is -1.28. The van der Waals surface area contributed by atoms with Crippen LogP contribution in [-0.2, 0) is 0 Å². The first-order valence-electron chi connectivity index (χ1n) is 7.88. The lowest BCUT2D eigenvalue weighted by Crippen LogP contribution is -2.23. The van der Waals surface area contributed by atoms with E-state index in [9.17, 15) is 0 Å². The summed E-state index contributed by atoms with van der Waals surface area (Å²) in [5.74, 6) is 0.950. The first kappa shape index (κ1) is 16.8. The fraction of sp³-hybridized carbons (Fsp3) is 0.556. The minimum absolute atomic E-state index is 0.802. The number of hydrogen-bond donors (Lipinski definition) is 0. The Morgan fingerprint density at radius 2 is 1.75 bits per heavy atom. The number of benzene rings is 1. The Morgan fingerprint density at radius 3 is 2.45 bits per heavy atom. The lowest BCUT2D eigenvalue weighted by Gasteiger charge is -2.17. The van der Waals surface area contributed by atoms with Crippen molar-refractivity contribution >= 4 is 6.08 Å². The summed E-state index contributed by atoms with van der Waals surface area (Å²) in [6, 6.07) is 8.06. The second kappa shape index (κ2) is 10.5. The summed E-state index contributed by atoms with van der Waals surface area (Å²) in [5, 5.41) is 0. The molecule has 0 amide bonds. The molecule has 0 saturated carbocycles. The highest BCUT2D eigenvalue weighted by atomic mass is 16.5. The van der Waals surface area contributed by atoms with Crippen molar-refractivity contribution in [3.8, 4) is 5.75 Å². The van der Waals surface area contributed by atoms with Gasteiger partial charge in [0.2, 0.25) is 0 Å². The summed E-state index contributed by atoms with van der Waals surface area (Å²) in [4.78, 5) is 2.48. The van der Waals surface area contributed by atoms with Gasteiger partial charge in [0.15, 0.2) is 0 Å². The van der Waals surface area contributed by atoms with Crippen molar-refractivity contribution in [1.29, 1.82) is 0 Å². The van der Waals surface area contributed by atoms with Crippen LogP contribution in [0.5, 0.6) is 5.75 Å². The molecule has 1 aromatic rings. The van der Waals surface area contributed by atoms with Crippen LogP contribution in [0.25, 0.3) is 6.08 Å². The number of nitrogens with zero attached hydrogens (tertiary/aromatic N) is 1. The maximum Gasteiger partial charge on any atom is 0.126 e. The third-order valence-corrected chi connectivity index (χ3v) is 3.66. The van der Waals surface area contributed by atoms with E-state index in [1.165, 1.54) is 25.8 Å². The first-order chi connectivity index (χ1) is 9.81. The van der Waals surface area contributed by atoms with Gasteiger partial charge in [-0.15, -0.1) is 0 Å². The molecule has 0 aliphatic carbocycles. The first-order valence-corrected chi connectivity index (χ1v) is 7.88. The molecule has 1 rings (SSSR count). The van der Waals surface area contributed by atoms with Crippen LogP contribution in [0.4, 0.5) is 0 Å². The van der Waals surface area contributed by atoms with Gasteiger partial charge in [0, 0.05) is 5.56 Å². The van der Waals surface area contributed by atoms with E-state index in [0.717, 1.165) is 37.4 Å². The average Bonchev–Trinajstić information content (AvgIpc) is 2.50. The summed E-state index contributed by atoms with van der Waals surface area (Å²) in [6.07, 6.45) is 6.81. The van der Waals surface area contributed by atoms with E-state index in [1.807, 2.05) is 30.3 Å². The van der Waals surface area contributed by atoms with E-state index >= 15 is 0 Å². The Balaban J connectivity index is 2.09. The van der Waals surface area contributed by atoms with Crippen LogP contribution in [-0.4, -0.2) is 31.1 Å². The molecular formula is C18H29NO. The Kier molecular flexibility index (Phi) is 8.81. The van der Waals surface area contributed by atoms with Gasteiger partial charge in [-0.1, -0.05) is 57.5 Å². The highest BCUT2D eigenvalue weighted by Gasteiger charge is 2.00. The van der Waals surface area contributed by atoms with Gasteiger partial charge in [-0.2, -0.15) is 0 Å². The number of para-hydroxylation sites is 1. The van der Waals surface area contributed by atoms with Gasteiger partial charge in [0.05, 0.1) is 6.61 Å². The van der Waals surface area contributed by atoms with Gasteiger partial charge in [0.25, 0.3) is 0 Å². The zero-order valence-corrected chi connectivity index (χ0v) is 13.1. The fourth-order valence-corrected chi connectivity index (χ4v) is 2.29. The van der Waals surface area contributed by atoms with Crippen molar-refractivity contribution in [3.05, 3.63) is 36.4 Å². The van der Waals surface area contributed by atoms with E-state index in [-0.39, 0.29) is 0 Å². The van der Waals surface area contributed by atoms with Gasteiger partial charge in [-0.3, -0.25) is 0 Å².